The molecule has 0 unspecified atom stereocenters. The summed E-state index contributed by atoms with van der Waals surface area (Å²) in [7, 11) is 4.19. The van der Waals surface area contributed by atoms with Gasteiger partial charge in [-0.15, -0.1) is 24.0 Å². The topological polar surface area (TPSA) is 39.7 Å². The summed E-state index contributed by atoms with van der Waals surface area (Å²) in [5, 5.41) is 6.66. The van der Waals surface area contributed by atoms with Gasteiger partial charge in [0.1, 0.15) is 0 Å². The number of benzene rings is 1. The third-order valence-corrected chi connectivity index (χ3v) is 3.09. The summed E-state index contributed by atoms with van der Waals surface area (Å²) in [4.78, 5) is 6.84. The van der Waals surface area contributed by atoms with Gasteiger partial charge in [0.2, 0.25) is 0 Å². The van der Waals surface area contributed by atoms with Crippen LogP contribution in [-0.2, 0) is 6.54 Å². The molecule has 0 aromatic heterocycles. The Morgan fingerprint density at radius 3 is 2.52 bits per heavy atom. The van der Waals surface area contributed by atoms with E-state index in [0.717, 1.165) is 38.6 Å². The lowest BCUT2D eigenvalue weighted by Crippen LogP contribution is -2.38. The highest BCUT2D eigenvalue weighted by molar-refractivity contribution is 14.0. The highest BCUT2D eigenvalue weighted by Gasteiger charge is 1.99. The molecule has 4 nitrogen and oxygen atoms in total. The van der Waals surface area contributed by atoms with Gasteiger partial charge in [-0.25, -0.2) is 4.99 Å². The lowest BCUT2D eigenvalue weighted by molar-refractivity contribution is 0.399. The summed E-state index contributed by atoms with van der Waals surface area (Å²) in [5.41, 5.74) is 2.57. The minimum Gasteiger partial charge on any atom is -0.357 e. The third kappa shape index (κ3) is 8.93. The van der Waals surface area contributed by atoms with Crippen LogP contribution in [0.1, 0.15) is 24.5 Å². The number of nitrogens with zero attached hydrogens (tertiary/aromatic N) is 2. The number of rotatable bonds is 7. The number of hydrogen-bond donors (Lipinski definition) is 2. The lowest BCUT2D eigenvalue weighted by atomic mass is 10.1. The number of halogens is 1. The second kappa shape index (κ2) is 11.8. The summed E-state index contributed by atoms with van der Waals surface area (Å²) < 4.78 is 0. The normalized spacial score (nSPS) is 11.2. The molecule has 5 heteroatoms. The van der Waals surface area contributed by atoms with Crippen LogP contribution in [0.3, 0.4) is 0 Å². The zero-order valence-corrected chi connectivity index (χ0v) is 16.0. The highest BCUT2D eigenvalue weighted by atomic mass is 127. The molecule has 0 atom stereocenters. The van der Waals surface area contributed by atoms with Gasteiger partial charge in [0, 0.05) is 13.1 Å². The molecule has 0 aliphatic heterocycles. The van der Waals surface area contributed by atoms with E-state index in [0.29, 0.717) is 0 Å². The molecule has 1 aromatic rings. The number of guanidine groups is 1. The summed E-state index contributed by atoms with van der Waals surface area (Å²) >= 11 is 0. The third-order valence-electron chi connectivity index (χ3n) is 3.09. The maximum absolute atomic E-state index is 4.64. The average Bonchev–Trinajstić information content (AvgIpc) is 2.42. The van der Waals surface area contributed by atoms with Gasteiger partial charge in [-0.05, 0) is 52.0 Å². The van der Waals surface area contributed by atoms with Crippen LogP contribution >= 0.6 is 24.0 Å². The van der Waals surface area contributed by atoms with Crippen molar-refractivity contribution in [2.45, 2.75) is 26.8 Å². The van der Waals surface area contributed by atoms with E-state index in [1.807, 2.05) is 0 Å². The minimum absolute atomic E-state index is 0. The molecule has 0 aliphatic rings. The second-order valence-corrected chi connectivity index (χ2v) is 5.21. The first kappa shape index (κ1) is 20.2. The van der Waals surface area contributed by atoms with Crippen LogP contribution in [0.25, 0.3) is 0 Å². The molecule has 0 amide bonds. The Morgan fingerprint density at radius 2 is 1.90 bits per heavy atom. The van der Waals surface area contributed by atoms with Gasteiger partial charge in [-0.3, -0.25) is 0 Å². The largest absolute Gasteiger partial charge is 0.357 e. The monoisotopic (exact) mass is 404 g/mol. The number of nitrogens with one attached hydrogen (secondary N) is 2. The molecule has 1 rings (SSSR count). The fourth-order valence-electron chi connectivity index (χ4n) is 1.90. The molecule has 0 saturated carbocycles. The first-order valence-corrected chi connectivity index (χ1v) is 7.35. The molecule has 0 heterocycles. The standard InChI is InChI=1S/C16H28N4.HI/c1-5-17-16(18-11-8-12-20(3)4)19-13-15-10-7-6-9-14(15)2;/h6-7,9-10H,5,8,11-13H2,1-4H3,(H2,17,18,19);1H. The number of hydrogen-bond acceptors (Lipinski definition) is 2. The maximum atomic E-state index is 4.64. The molecule has 120 valence electrons. The molecule has 0 saturated heterocycles. The van der Waals surface area contributed by atoms with Gasteiger partial charge in [0.15, 0.2) is 5.96 Å². The molecule has 1 aromatic carbocycles. The fraction of sp³-hybridized carbons (Fsp3) is 0.562. The maximum Gasteiger partial charge on any atom is 0.191 e. The van der Waals surface area contributed by atoms with Crippen LogP contribution < -0.4 is 10.6 Å². The molecular formula is C16H29IN4. The molecule has 2 N–H and O–H groups in total. The minimum atomic E-state index is 0. The van der Waals surface area contributed by atoms with Crippen molar-refractivity contribution in [1.82, 2.24) is 15.5 Å². The van der Waals surface area contributed by atoms with E-state index in [1.54, 1.807) is 0 Å². The Bertz CT molecular complexity index is 418. The number of aliphatic imine (C=N–C) groups is 1. The Labute approximate surface area is 146 Å². The smallest absolute Gasteiger partial charge is 0.191 e. The van der Waals surface area contributed by atoms with Crippen LogP contribution in [0.15, 0.2) is 29.3 Å². The molecule has 21 heavy (non-hydrogen) atoms. The number of aryl methyl sites for hydroxylation is 1. The SMILES string of the molecule is CCNC(=NCc1ccccc1C)NCCCN(C)C.I. The lowest BCUT2D eigenvalue weighted by Gasteiger charge is -2.13. The Morgan fingerprint density at radius 1 is 1.19 bits per heavy atom. The summed E-state index contributed by atoms with van der Waals surface area (Å²) in [6.45, 7) is 7.85. The van der Waals surface area contributed by atoms with E-state index in [2.05, 4.69) is 72.7 Å². The Balaban J connectivity index is 0.00000400. The van der Waals surface area contributed by atoms with Crippen molar-refractivity contribution in [2.24, 2.45) is 4.99 Å². The van der Waals surface area contributed by atoms with E-state index in [4.69, 9.17) is 0 Å². The molecule has 0 fully saturated rings. The summed E-state index contributed by atoms with van der Waals surface area (Å²) in [6.07, 6.45) is 1.11. The van der Waals surface area contributed by atoms with Crippen molar-refractivity contribution in [3.8, 4) is 0 Å². The quantitative estimate of drug-likeness (QED) is 0.318. The van der Waals surface area contributed by atoms with Crippen LogP contribution in [0.5, 0.6) is 0 Å². The predicted molar refractivity (Wildman–Crippen MR) is 103 cm³/mol. The molecular weight excluding hydrogens is 375 g/mol. The van der Waals surface area contributed by atoms with Crippen LogP contribution in [0.4, 0.5) is 0 Å². The van der Waals surface area contributed by atoms with Crippen LogP contribution in [0, 0.1) is 6.92 Å². The fourth-order valence-corrected chi connectivity index (χ4v) is 1.90. The molecule has 0 radical (unpaired) electrons. The van der Waals surface area contributed by atoms with Gasteiger partial charge in [-0.2, -0.15) is 0 Å². The van der Waals surface area contributed by atoms with Crippen molar-refractivity contribution in [3.05, 3.63) is 35.4 Å². The van der Waals surface area contributed by atoms with Gasteiger partial charge in [-0.1, -0.05) is 24.3 Å². The first-order chi connectivity index (χ1) is 9.63. The summed E-state index contributed by atoms with van der Waals surface area (Å²) in [5.74, 6) is 0.898. The Hall–Kier alpha value is -0.820. The van der Waals surface area contributed by atoms with Gasteiger partial charge < -0.3 is 15.5 Å². The van der Waals surface area contributed by atoms with Crippen LogP contribution in [-0.4, -0.2) is 44.6 Å². The van der Waals surface area contributed by atoms with E-state index in [1.165, 1.54) is 11.1 Å². The van der Waals surface area contributed by atoms with Crippen molar-refractivity contribution in [3.63, 3.8) is 0 Å². The Kier molecular flexibility index (Phi) is 11.3. The second-order valence-electron chi connectivity index (χ2n) is 5.21. The molecule has 0 aliphatic carbocycles. The van der Waals surface area contributed by atoms with E-state index in [9.17, 15) is 0 Å². The predicted octanol–water partition coefficient (Wildman–Crippen LogP) is 2.62. The zero-order chi connectivity index (χ0) is 14.8. The van der Waals surface area contributed by atoms with Crippen molar-refractivity contribution < 1.29 is 0 Å². The van der Waals surface area contributed by atoms with Gasteiger partial charge in [0.05, 0.1) is 6.54 Å². The van der Waals surface area contributed by atoms with Gasteiger partial charge >= 0.3 is 0 Å². The van der Waals surface area contributed by atoms with E-state index in [-0.39, 0.29) is 24.0 Å². The van der Waals surface area contributed by atoms with Gasteiger partial charge in [0.25, 0.3) is 0 Å². The molecule has 0 bridgehead atoms. The molecule has 0 spiro atoms. The van der Waals surface area contributed by atoms with Crippen molar-refractivity contribution in [2.75, 3.05) is 33.7 Å². The average molecular weight is 404 g/mol. The van der Waals surface area contributed by atoms with E-state index < -0.39 is 0 Å². The summed E-state index contributed by atoms with van der Waals surface area (Å²) in [6, 6.07) is 8.39. The van der Waals surface area contributed by atoms with Crippen molar-refractivity contribution in [1.29, 1.82) is 0 Å². The first-order valence-electron chi connectivity index (χ1n) is 7.35. The zero-order valence-electron chi connectivity index (χ0n) is 13.6. The van der Waals surface area contributed by atoms with E-state index >= 15 is 0 Å². The van der Waals surface area contributed by atoms with Crippen molar-refractivity contribution >= 4 is 29.9 Å². The van der Waals surface area contributed by atoms with Crippen LogP contribution in [0.2, 0.25) is 0 Å². The highest BCUT2D eigenvalue weighted by Crippen LogP contribution is 2.07.